The number of ether oxygens (including phenoxy) is 2. The van der Waals surface area contributed by atoms with Crippen molar-refractivity contribution in [1.82, 2.24) is 0 Å². The second-order valence-electron chi connectivity index (χ2n) is 6.28. The van der Waals surface area contributed by atoms with Crippen molar-refractivity contribution in [3.63, 3.8) is 0 Å². The number of fused-ring (bicyclic) bond motifs is 1. The highest BCUT2D eigenvalue weighted by molar-refractivity contribution is 9.10. The van der Waals surface area contributed by atoms with E-state index in [0.717, 1.165) is 27.0 Å². The molecule has 0 saturated carbocycles. The van der Waals surface area contributed by atoms with Crippen LogP contribution in [0.1, 0.15) is 11.1 Å². The van der Waals surface area contributed by atoms with Crippen LogP contribution in [0.15, 0.2) is 71.2 Å². The van der Waals surface area contributed by atoms with Gasteiger partial charge in [-0.2, -0.15) is 0 Å². The molecule has 1 amide bonds. The molecule has 0 aliphatic carbocycles. The van der Waals surface area contributed by atoms with Gasteiger partial charge in [0.15, 0.2) is 11.5 Å². The van der Waals surface area contributed by atoms with Crippen molar-refractivity contribution in [2.75, 3.05) is 19.1 Å². The highest BCUT2D eigenvalue weighted by atomic mass is 79.9. The highest BCUT2D eigenvalue weighted by Crippen LogP contribution is 2.44. The average molecular weight is 436 g/mol. The molecule has 28 heavy (non-hydrogen) atoms. The highest BCUT2D eigenvalue weighted by Gasteiger charge is 2.33. The molecule has 0 aromatic heterocycles. The Hall–Kier alpha value is -3.05. The molecule has 140 valence electrons. The molecule has 0 radical (unpaired) electrons. The van der Waals surface area contributed by atoms with Crippen LogP contribution in [-0.2, 0) is 4.79 Å². The van der Waals surface area contributed by atoms with Crippen LogP contribution < -0.4 is 14.4 Å². The summed E-state index contributed by atoms with van der Waals surface area (Å²) in [5.74, 6) is 1.11. The number of nitrogens with zero attached hydrogens (tertiary/aromatic N) is 1. The number of carbonyl (C=O) groups is 1. The van der Waals surface area contributed by atoms with Gasteiger partial charge in [-0.3, -0.25) is 9.69 Å². The van der Waals surface area contributed by atoms with Crippen LogP contribution in [0.3, 0.4) is 0 Å². The molecule has 0 atom stereocenters. The van der Waals surface area contributed by atoms with Crippen LogP contribution in [0.4, 0.5) is 11.4 Å². The number of anilines is 2. The Morgan fingerprint density at radius 3 is 2.36 bits per heavy atom. The van der Waals surface area contributed by atoms with Crippen LogP contribution in [0.2, 0.25) is 0 Å². The van der Waals surface area contributed by atoms with Crippen molar-refractivity contribution >= 4 is 44.9 Å². The minimum atomic E-state index is -0.0756. The van der Waals surface area contributed by atoms with Crippen molar-refractivity contribution in [3.05, 3.63) is 82.3 Å². The molecule has 0 spiro atoms. The summed E-state index contributed by atoms with van der Waals surface area (Å²) in [5, 5.41) is 0. The largest absolute Gasteiger partial charge is 0.493 e. The lowest BCUT2D eigenvalue weighted by molar-refractivity contribution is -0.112. The lowest BCUT2D eigenvalue weighted by atomic mass is 10.0. The molecule has 4 nitrogen and oxygen atoms in total. The van der Waals surface area contributed by atoms with E-state index < -0.39 is 0 Å². The van der Waals surface area contributed by atoms with Gasteiger partial charge in [0.05, 0.1) is 25.5 Å². The van der Waals surface area contributed by atoms with Gasteiger partial charge in [-0.05, 0) is 36.4 Å². The van der Waals surface area contributed by atoms with Gasteiger partial charge >= 0.3 is 0 Å². The van der Waals surface area contributed by atoms with Gasteiger partial charge < -0.3 is 9.47 Å². The fourth-order valence-electron chi connectivity index (χ4n) is 3.44. The zero-order valence-electron chi connectivity index (χ0n) is 15.5. The maximum atomic E-state index is 13.4. The Kier molecular flexibility index (Phi) is 4.92. The second-order valence-corrected chi connectivity index (χ2v) is 7.20. The Morgan fingerprint density at radius 2 is 1.64 bits per heavy atom. The molecule has 1 aliphatic heterocycles. The first kappa shape index (κ1) is 18.3. The number of para-hydroxylation sites is 2. The smallest absolute Gasteiger partial charge is 0.263 e. The average Bonchev–Trinajstić information content (AvgIpc) is 3.00. The molecule has 5 heteroatoms. The third kappa shape index (κ3) is 3.08. The van der Waals surface area contributed by atoms with Crippen molar-refractivity contribution in [3.8, 4) is 11.5 Å². The minimum Gasteiger partial charge on any atom is -0.493 e. The quantitative estimate of drug-likeness (QED) is 0.494. The zero-order valence-corrected chi connectivity index (χ0v) is 17.1. The molecule has 4 rings (SSSR count). The lowest BCUT2D eigenvalue weighted by Gasteiger charge is -2.17. The van der Waals surface area contributed by atoms with Gasteiger partial charge in [0, 0.05) is 21.3 Å². The molecular formula is C23H18BrNO3. The molecule has 0 unspecified atom stereocenters. The van der Waals surface area contributed by atoms with E-state index in [2.05, 4.69) is 15.9 Å². The summed E-state index contributed by atoms with van der Waals surface area (Å²) in [6.45, 7) is 0. The van der Waals surface area contributed by atoms with Crippen LogP contribution in [0.5, 0.6) is 11.5 Å². The van der Waals surface area contributed by atoms with Crippen molar-refractivity contribution in [2.45, 2.75) is 0 Å². The molecule has 3 aromatic rings. The third-order valence-corrected chi connectivity index (χ3v) is 5.11. The van der Waals surface area contributed by atoms with E-state index in [-0.39, 0.29) is 5.91 Å². The number of hydrogen-bond donors (Lipinski definition) is 0. The second kappa shape index (κ2) is 7.52. The standard InChI is InChI=1S/C23H18BrNO3/c1-27-21-14-16(24)12-15(22(21)28-2)13-19-18-10-6-7-11-20(18)25(23(19)26)17-8-4-3-5-9-17/h3-14H,1-2H3/b19-13+. The first-order valence-electron chi connectivity index (χ1n) is 8.76. The number of halogens is 1. The predicted octanol–water partition coefficient (Wildman–Crippen LogP) is 5.69. The van der Waals surface area contributed by atoms with Crippen molar-refractivity contribution in [1.29, 1.82) is 0 Å². The monoisotopic (exact) mass is 435 g/mol. The van der Waals surface area contributed by atoms with E-state index in [1.165, 1.54) is 0 Å². The number of carbonyl (C=O) groups excluding carboxylic acids is 1. The zero-order chi connectivity index (χ0) is 19.7. The number of benzene rings is 3. The van der Waals surface area contributed by atoms with Gasteiger partial charge in [-0.15, -0.1) is 0 Å². The van der Waals surface area contributed by atoms with E-state index >= 15 is 0 Å². The van der Waals surface area contributed by atoms with Gasteiger partial charge in [0.1, 0.15) is 0 Å². The van der Waals surface area contributed by atoms with Crippen molar-refractivity contribution < 1.29 is 14.3 Å². The minimum absolute atomic E-state index is 0.0756. The first-order chi connectivity index (χ1) is 13.6. The SMILES string of the molecule is COc1cc(Br)cc(/C=C2/C(=O)N(c3ccccc3)c3ccccc32)c1OC. The Morgan fingerprint density at radius 1 is 0.929 bits per heavy atom. The van der Waals surface area contributed by atoms with Gasteiger partial charge in [-0.1, -0.05) is 52.3 Å². The maximum Gasteiger partial charge on any atom is 0.263 e. The molecule has 0 fully saturated rings. The first-order valence-corrected chi connectivity index (χ1v) is 9.55. The Bertz CT molecular complexity index is 1080. The molecule has 0 N–H and O–H groups in total. The Labute approximate surface area is 172 Å². The van der Waals surface area contributed by atoms with Crippen LogP contribution in [0.25, 0.3) is 11.6 Å². The number of methoxy groups -OCH3 is 2. The summed E-state index contributed by atoms with van der Waals surface area (Å²) in [5.41, 5.74) is 3.96. The molecule has 1 heterocycles. The van der Waals surface area contributed by atoms with Crippen LogP contribution >= 0.6 is 15.9 Å². The molecule has 0 bridgehead atoms. The molecule has 3 aromatic carbocycles. The number of rotatable bonds is 4. The van der Waals surface area contributed by atoms with Gasteiger partial charge in [0.2, 0.25) is 0 Å². The molecule has 0 saturated heterocycles. The van der Waals surface area contributed by atoms with E-state index in [1.54, 1.807) is 19.1 Å². The van der Waals surface area contributed by atoms with E-state index in [1.807, 2.05) is 72.8 Å². The maximum absolute atomic E-state index is 13.4. The van der Waals surface area contributed by atoms with Crippen LogP contribution in [-0.4, -0.2) is 20.1 Å². The summed E-state index contributed by atoms with van der Waals surface area (Å²) in [6, 6.07) is 21.2. The summed E-state index contributed by atoms with van der Waals surface area (Å²) in [7, 11) is 3.18. The topological polar surface area (TPSA) is 38.8 Å². The summed E-state index contributed by atoms with van der Waals surface area (Å²) in [4.78, 5) is 15.1. The van der Waals surface area contributed by atoms with Crippen molar-refractivity contribution in [2.24, 2.45) is 0 Å². The van der Waals surface area contributed by atoms with E-state index in [9.17, 15) is 4.79 Å². The van der Waals surface area contributed by atoms with Gasteiger partial charge in [-0.25, -0.2) is 0 Å². The lowest BCUT2D eigenvalue weighted by Crippen LogP contribution is -2.20. The third-order valence-electron chi connectivity index (χ3n) is 4.66. The summed E-state index contributed by atoms with van der Waals surface area (Å²) in [6.07, 6.45) is 1.86. The number of amides is 1. The summed E-state index contributed by atoms with van der Waals surface area (Å²) < 4.78 is 11.8. The van der Waals surface area contributed by atoms with E-state index in [0.29, 0.717) is 17.1 Å². The number of hydrogen-bond acceptors (Lipinski definition) is 3. The van der Waals surface area contributed by atoms with Crippen LogP contribution in [0, 0.1) is 0 Å². The summed E-state index contributed by atoms with van der Waals surface area (Å²) >= 11 is 3.50. The van der Waals surface area contributed by atoms with E-state index in [4.69, 9.17) is 9.47 Å². The predicted molar refractivity (Wildman–Crippen MR) is 115 cm³/mol. The molecular weight excluding hydrogens is 418 g/mol. The van der Waals surface area contributed by atoms with Gasteiger partial charge in [0.25, 0.3) is 5.91 Å². The fourth-order valence-corrected chi connectivity index (χ4v) is 3.89. The Balaban J connectivity index is 1.90. The molecule has 1 aliphatic rings. The fraction of sp³-hybridized carbons (Fsp3) is 0.0870. The normalized spacial score (nSPS) is 14.3.